The molecule has 0 bridgehead atoms. The van der Waals surface area contributed by atoms with E-state index in [9.17, 15) is 10.0 Å². The molecule has 1 aromatic heterocycles. The molecule has 5 heteroatoms. The van der Waals surface area contributed by atoms with E-state index in [2.05, 4.69) is 42.5 Å². The van der Waals surface area contributed by atoms with Crippen LogP contribution in [-0.4, -0.2) is 27.8 Å². The summed E-state index contributed by atoms with van der Waals surface area (Å²) in [6, 6.07) is 24.9. The maximum absolute atomic E-state index is 10.1. The second-order valence-corrected chi connectivity index (χ2v) is 9.67. The molecule has 0 amide bonds. The second-order valence-electron chi connectivity index (χ2n) is 9.67. The highest BCUT2D eigenvalue weighted by Crippen LogP contribution is 2.34. The molecule has 0 saturated heterocycles. The summed E-state index contributed by atoms with van der Waals surface area (Å²) in [6.07, 6.45) is 6.75. The van der Waals surface area contributed by atoms with E-state index in [0.29, 0.717) is 11.5 Å². The molecule has 1 aliphatic carbocycles. The van der Waals surface area contributed by atoms with Crippen molar-refractivity contribution in [1.29, 1.82) is 0 Å². The van der Waals surface area contributed by atoms with Crippen LogP contribution in [0.4, 0.5) is 0 Å². The Morgan fingerprint density at radius 3 is 2.15 bits per heavy atom. The van der Waals surface area contributed by atoms with Crippen LogP contribution in [0.1, 0.15) is 57.4 Å². The van der Waals surface area contributed by atoms with E-state index in [0.717, 1.165) is 27.9 Å². The molecular weight excluding hydrogens is 421 g/mol. The number of hydrogen-bond donors (Lipinski definition) is 2. The molecular formula is C29H32BNO3. The molecule has 1 heterocycles. The smallest absolute Gasteiger partial charge is 0.491 e. The Morgan fingerprint density at radius 2 is 1.50 bits per heavy atom. The average molecular weight is 453 g/mol. The molecule has 0 unspecified atom stereocenters. The molecule has 1 aliphatic rings. The van der Waals surface area contributed by atoms with E-state index in [4.69, 9.17) is 4.74 Å². The normalized spacial score (nSPS) is 14.6. The van der Waals surface area contributed by atoms with Crippen molar-refractivity contribution in [1.82, 2.24) is 4.57 Å². The van der Waals surface area contributed by atoms with Gasteiger partial charge in [0, 0.05) is 11.1 Å². The van der Waals surface area contributed by atoms with Gasteiger partial charge in [0.1, 0.15) is 5.75 Å². The first-order valence-corrected chi connectivity index (χ1v) is 12.4. The van der Waals surface area contributed by atoms with Crippen LogP contribution < -0.4 is 10.3 Å². The highest BCUT2D eigenvalue weighted by Gasteiger charge is 2.21. The zero-order valence-corrected chi connectivity index (χ0v) is 19.9. The van der Waals surface area contributed by atoms with Crippen LogP contribution in [0.5, 0.6) is 5.75 Å². The lowest BCUT2D eigenvalue weighted by atomic mass is 9.83. The van der Waals surface area contributed by atoms with E-state index in [1.165, 1.54) is 43.2 Å². The number of nitrogens with zero attached hydrogens (tertiary/aromatic N) is 1. The van der Waals surface area contributed by atoms with Crippen LogP contribution in [0.25, 0.3) is 27.7 Å². The monoisotopic (exact) mass is 453 g/mol. The molecule has 34 heavy (non-hydrogen) atoms. The van der Waals surface area contributed by atoms with Crippen LogP contribution in [0.3, 0.4) is 0 Å². The fraction of sp³-hybridized carbons (Fsp3) is 0.310. The first-order chi connectivity index (χ1) is 16.5. The summed E-state index contributed by atoms with van der Waals surface area (Å²) in [5, 5.41) is 21.2. The maximum atomic E-state index is 10.1. The summed E-state index contributed by atoms with van der Waals surface area (Å²) < 4.78 is 7.65. The first-order valence-electron chi connectivity index (χ1n) is 12.4. The largest absolute Gasteiger partial charge is 0.506 e. The van der Waals surface area contributed by atoms with Crippen LogP contribution in [0.15, 0.2) is 72.8 Å². The predicted molar refractivity (Wildman–Crippen MR) is 140 cm³/mol. The van der Waals surface area contributed by atoms with E-state index >= 15 is 0 Å². The number of fused-ring (bicyclic) bond motifs is 1. The molecule has 0 spiro atoms. The zero-order valence-electron chi connectivity index (χ0n) is 19.9. The first kappa shape index (κ1) is 22.8. The molecule has 4 aromatic rings. The van der Waals surface area contributed by atoms with Crippen molar-refractivity contribution in [2.24, 2.45) is 0 Å². The lowest BCUT2D eigenvalue weighted by molar-refractivity contribution is 0.242. The fourth-order valence-corrected chi connectivity index (χ4v) is 5.22. The predicted octanol–water partition coefficient (Wildman–Crippen LogP) is 5.81. The van der Waals surface area contributed by atoms with Gasteiger partial charge < -0.3 is 19.4 Å². The number of aromatic nitrogens is 1. The quantitative estimate of drug-likeness (QED) is 0.362. The van der Waals surface area contributed by atoms with Gasteiger partial charge in [0.05, 0.1) is 17.2 Å². The Kier molecular flexibility index (Phi) is 6.49. The van der Waals surface area contributed by atoms with E-state index in [1.807, 2.05) is 48.7 Å². The molecule has 5 rings (SSSR count). The lowest BCUT2D eigenvalue weighted by Crippen LogP contribution is -2.35. The third kappa shape index (κ3) is 4.63. The molecule has 0 atom stereocenters. The van der Waals surface area contributed by atoms with Gasteiger partial charge in [0.2, 0.25) is 0 Å². The van der Waals surface area contributed by atoms with Gasteiger partial charge in [-0.05, 0) is 91.8 Å². The third-order valence-corrected chi connectivity index (χ3v) is 6.88. The van der Waals surface area contributed by atoms with Crippen molar-refractivity contribution < 1.29 is 14.8 Å². The minimum absolute atomic E-state index is 0.100. The number of rotatable bonds is 6. The van der Waals surface area contributed by atoms with Crippen molar-refractivity contribution in [2.45, 2.75) is 58.0 Å². The van der Waals surface area contributed by atoms with Crippen LogP contribution in [0, 0.1) is 0 Å². The molecule has 1 fully saturated rings. The summed E-state index contributed by atoms with van der Waals surface area (Å²) in [5.74, 6) is 1.49. The van der Waals surface area contributed by atoms with Crippen molar-refractivity contribution in [3.8, 4) is 22.6 Å². The summed E-state index contributed by atoms with van der Waals surface area (Å²) in [4.78, 5) is 0. The topological polar surface area (TPSA) is 54.6 Å². The van der Waals surface area contributed by atoms with Gasteiger partial charge in [-0.1, -0.05) is 49.6 Å². The van der Waals surface area contributed by atoms with Crippen molar-refractivity contribution >= 4 is 23.6 Å². The summed E-state index contributed by atoms with van der Waals surface area (Å²) in [7, 11) is -1.57. The van der Waals surface area contributed by atoms with E-state index in [-0.39, 0.29) is 6.10 Å². The van der Waals surface area contributed by atoms with E-state index < -0.39 is 7.12 Å². The van der Waals surface area contributed by atoms with Gasteiger partial charge in [-0.25, -0.2) is 0 Å². The Hall–Kier alpha value is -3.02. The minimum atomic E-state index is -1.57. The van der Waals surface area contributed by atoms with E-state index in [1.54, 1.807) is 0 Å². The van der Waals surface area contributed by atoms with Gasteiger partial charge in [-0.2, -0.15) is 0 Å². The van der Waals surface area contributed by atoms with Crippen LogP contribution >= 0.6 is 0 Å². The summed E-state index contributed by atoms with van der Waals surface area (Å²) in [6.45, 7) is 3.99. The molecule has 2 N–H and O–H groups in total. The maximum Gasteiger partial charge on any atom is 0.506 e. The Labute approximate surface area is 202 Å². The highest BCUT2D eigenvalue weighted by atomic mass is 16.5. The fourth-order valence-electron chi connectivity index (χ4n) is 5.22. The molecule has 4 nitrogen and oxygen atoms in total. The lowest BCUT2D eigenvalue weighted by Gasteiger charge is -2.22. The van der Waals surface area contributed by atoms with Crippen molar-refractivity contribution in [3.63, 3.8) is 0 Å². The number of ether oxygens (including phenoxy) is 1. The molecule has 0 aliphatic heterocycles. The standard InChI is InChI=1S/C29H32BNO3/c1-20(2)34-27-15-13-26(14-16-27)31-28-17-12-24(18-25(28)19-29(31)30(32)33)23-10-8-22(9-11-23)21-6-4-3-5-7-21/h8-21,32-33H,3-7H2,1-2H3. The molecule has 3 aromatic carbocycles. The number of benzene rings is 3. The van der Waals surface area contributed by atoms with Crippen molar-refractivity contribution in [3.05, 3.63) is 78.4 Å². The van der Waals surface area contributed by atoms with Gasteiger partial charge in [-0.15, -0.1) is 0 Å². The summed E-state index contributed by atoms with van der Waals surface area (Å²) >= 11 is 0. The SMILES string of the molecule is CC(C)Oc1ccc(-n2c(B(O)O)cc3cc(-c4ccc(C5CCCCC5)cc4)ccc32)cc1. The van der Waals surface area contributed by atoms with Crippen molar-refractivity contribution in [2.75, 3.05) is 0 Å². The van der Waals surface area contributed by atoms with Crippen LogP contribution in [-0.2, 0) is 0 Å². The average Bonchev–Trinajstić information content (AvgIpc) is 3.24. The summed E-state index contributed by atoms with van der Waals surface area (Å²) in [5.41, 5.74) is 5.99. The molecule has 0 radical (unpaired) electrons. The Balaban J connectivity index is 1.48. The zero-order chi connectivity index (χ0) is 23.7. The number of hydrogen-bond acceptors (Lipinski definition) is 3. The van der Waals surface area contributed by atoms with Gasteiger partial charge in [0.25, 0.3) is 0 Å². The van der Waals surface area contributed by atoms with Gasteiger partial charge >= 0.3 is 7.12 Å². The third-order valence-electron chi connectivity index (χ3n) is 6.88. The minimum Gasteiger partial charge on any atom is -0.491 e. The Morgan fingerprint density at radius 1 is 0.824 bits per heavy atom. The van der Waals surface area contributed by atoms with Crippen LogP contribution in [0.2, 0.25) is 0 Å². The molecule has 174 valence electrons. The molecule has 1 saturated carbocycles. The second kappa shape index (κ2) is 9.69. The highest BCUT2D eigenvalue weighted by molar-refractivity contribution is 6.58. The Bertz CT molecular complexity index is 1250. The van der Waals surface area contributed by atoms with Gasteiger partial charge in [-0.3, -0.25) is 0 Å². The van der Waals surface area contributed by atoms with Gasteiger partial charge in [0.15, 0.2) is 0 Å².